The summed E-state index contributed by atoms with van der Waals surface area (Å²) in [5.41, 5.74) is -0.384. The van der Waals surface area contributed by atoms with Gasteiger partial charge < -0.3 is 5.32 Å². The Bertz CT molecular complexity index is 651. The van der Waals surface area contributed by atoms with E-state index in [1.807, 2.05) is 0 Å². The fourth-order valence-corrected chi connectivity index (χ4v) is 1.97. The van der Waals surface area contributed by atoms with Gasteiger partial charge in [-0.05, 0) is 18.2 Å². The fourth-order valence-electron chi connectivity index (χ4n) is 1.61. The maximum atomic E-state index is 13.8. The van der Waals surface area contributed by atoms with Gasteiger partial charge in [0.25, 0.3) is 0 Å². The molecule has 98 valence electrons. The molecule has 0 amide bonds. The molecule has 1 aromatic heterocycles. The summed E-state index contributed by atoms with van der Waals surface area (Å²) >= 11 is 3.20. The van der Waals surface area contributed by atoms with Crippen LogP contribution in [0.25, 0.3) is 11.3 Å². The van der Waals surface area contributed by atoms with E-state index in [1.54, 1.807) is 0 Å². The SMILES string of the molecule is CNc1ncnc(-c2cc(Br)ccc2F)c1[N+](=O)[O-]. The number of aromatic nitrogens is 2. The van der Waals surface area contributed by atoms with Crippen molar-refractivity contribution in [3.63, 3.8) is 0 Å². The molecule has 0 bridgehead atoms. The van der Waals surface area contributed by atoms with E-state index in [4.69, 9.17) is 0 Å². The number of hydrogen-bond acceptors (Lipinski definition) is 5. The van der Waals surface area contributed by atoms with Crippen molar-refractivity contribution < 1.29 is 9.31 Å². The van der Waals surface area contributed by atoms with Crippen LogP contribution in [-0.4, -0.2) is 21.9 Å². The number of nitrogens with zero attached hydrogens (tertiary/aromatic N) is 3. The molecule has 19 heavy (non-hydrogen) atoms. The summed E-state index contributed by atoms with van der Waals surface area (Å²) in [7, 11) is 1.50. The molecular formula is C11H8BrFN4O2. The molecule has 1 aromatic carbocycles. The highest BCUT2D eigenvalue weighted by molar-refractivity contribution is 9.10. The Balaban J connectivity index is 2.75. The summed E-state index contributed by atoms with van der Waals surface area (Å²) in [5, 5.41) is 13.7. The third-order valence-corrected chi connectivity index (χ3v) is 2.92. The second kappa shape index (κ2) is 5.27. The molecule has 0 aliphatic carbocycles. The summed E-state index contributed by atoms with van der Waals surface area (Å²) in [4.78, 5) is 18.1. The lowest BCUT2D eigenvalue weighted by atomic mass is 10.1. The zero-order valence-electron chi connectivity index (χ0n) is 9.72. The van der Waals surface area contributed by atoms with E-state index in [2.05, 4.69) is 31.2 Å². The summed E-state index contributed by atoms with van der Waals surface area (Å²) in [6.07, 6.45) is 1.15. The number of benzene rings is 1. The highest BCUT2D eigenvalue weighted by Crippen LogP contribution is 2.34. The van der Waals surface area contributed by atoms with Gasteiger partial charge in [0.1, 0.15) is 12.1 Å². The zero-order chi connectivity index (χ0) is 14.0. The Morgan fingerprint density at radius 2 is 2.16 bits per heavy atom. The molecule has 0 spiro atoms. The molecule has 0 unspecified atom stereocenters. The summed E-state index contributed by atoms with van der Waals surface area (Å²) in [6.45, 7) is 0. The van der Waals surface area contributed by atoms with E-state index >= 15 is 0 Å². The molecule has 0 fully saturated rings. The first-order chi connectivity index (χ1) is 9.04. The molecule has 0 saturated carbocycles. The van der Waals surface area contributed by atoms with Crippen LogP contribution in [0.5, 0.6) is 0 Å². The highest BCUT2D eigenvalue weighted by atomic mass is 79.9. The van der Waals surface area contributed by atoms with Gasteiger partial charge in [-0.15, -0.1) is 0 Å². The van der Waals surface area contributed by atoms with Gasteiger partial charge in [0, 0.05) is 17.1 Å². The standard InChI is InChI=1S/C11H8BrFN4O2/c1-14-11-10(17(18)19)9(15-5-16-11)7-4-6(12)2-3-8(7)13/h2-5H,1H3,(H,14,15,16). The largest absolute Gasteiger partial charge is 0.367 e. The van der Waals surface area contributed by atoms with E-state index in [1.165, 1.54) is 25.2 Å². The Hall–Kier alpha value is -2.09. The lowest BCUT2D eigenvalue weighted by Crippen LogP contribution is -2.03. The molecule has 0 saturated heterocycles. The van der Waals surface area contributed by atoms with Crippen LogP contribution in [0.4, 0.5) is 15.9 Å². The van der Waals surface area contributed by atoms with E-state index < -0.39 is 10.7 Å². The van der Waals surface area contributed by atoms with Crippen LogP contribution in [0.1, 0.15) is 0 Å². The minimum Gasteiger partial charge on any atom is -0.367 e. The molecule has 8 heteroatoms. The van der Waals surface area contributed by atoms with Gasteiger partial charge >= 0.3 is 5.69 Å². The van der Waals surface area contributed by atoms with Gasteiger partial charge in [-0.2, -0.15) is 0 Å². The van der Waals surface area contributed by atoms with Gasteiger partial charge in [0.05, 0.1) is 4.92 Å². The second-order valence-electron chi connectivity index (χ2n) is 3.55. The van der Waals surface area contributed by atoms with E-state index in [-0.39, 0.29) is 22.8 Å². The van der Waals surface area contributed by atoms with Crippen molar-refractivity contribution in [1.29, 1.82) is 0 Å². The molecule has 1 N–H and O–H groups in total. The number of rotatable bonds is 3. The third kappa shape index (κ3) is 2.53. The first-order valence-electron chi connectivity index (χ1n) is 5.17. The number of halogens is 2. The molecule has 2 aromatic rings. The zero-order valence-corrected chi connectivity index (χ0v) is 11.3. The predicted octanol–water partition coefficient (Wildman–Crippen LogP) is 3.00. The van der Waals surface area contributed by atoms with Gasteiger partial charge in [-0.25, -0.2) is 14.4 Å². The maximum absolute atomic E-state index is 13.8. The van der Waals surface area contributed by atoms with Crippen molar-refractivity contribution in [2.45, 2.75) is 0 Å². The number of anilines is 1. The molecular weight excluding hydrogens is 319 g/mol. The van der Waals surface area contributed by atoms with Gasteiger partial charge in [-0.1, -0.05) is 15.9 Å². The Kier molecular flexibility index (Phi) is 3.70. The number of hydrogen-bond donors (Lipinski definition) is 1. The molecule has 6 nitrogen and oxygen atoms in total. The van der Waals surface area contributed by atoms with Crippen LogP contribution >= 0.6 is 15.9 Å². The average molecular weight is 327 g/mol. The van der Waals surface area contributed by atoms with E-state index in [0.29, 0.717) is 4.47 Å². The lowest BCUT2D eigenvalue weighted by molar-refractivity contribution is -0.383. The van der Waals surface area contributed by atoms with Gasteiger partial charge in [0.15, 0.2) is 5.69 Å². The molecule has 0 aliphatic heterocycles. The smallest absolute Gasteiger partial charge is 0.337 e. The van der Waals surface area contributed by atoms with Gasteiger partial charge in [0.2, 0.25) is 5.82 Å². The maximum Gasteiger partial charge on any atom is 0.337 e. The van der Waals surface area contributed by atoms with E-state index in [0.717, 1.165) is 6.33 Å². The van der Waals surface area contributed by atoms with Crippen LogP contribution in [0.15, 0.2) is 29.0 Å². The summed E-state index contributed by atoms with van der Waals surface area (Å²) in [6, 6.07) is 4.15. The van der Waals surface area contributed by atoms with Crippen LogP contribution < -0.4 is 5.32 Å². The van der Waals surface area contributed by atoms with Crippen molar-refractivity contribution in [2.75, 3.05) is 12.4 Å². The topological polar surface area (TPSA) is 81.0 Å². The Morgan fingerprint density at radius 1 is 1.42 bits per heavy atom. The quantitative estimate of drug-likeness (QED) is 0.692. The Labute approximate surface area is 116 Å². The van der Waals surface area contributed by atoms with Crippen LogP contribution in [0, 0.1) is 15.9 Å². The molecule has 0 radical (unpaired) electrons. The van der Waals surface area contributed by atoms with Crippen LogP contribution in [0.2, 0.25) is 0 Å². The average Bonchev–Trinajstić information content (AvgIpc) is 2.40. The molecule has 2 rings (SSSR count). The van der Waals surface area contributed by atoms with Crippen molar-refractivity contribution >= 4 is 27.4 Å². The predicted molar refractivity (Wildman–Crippen MR) is 71.3 cm³/mol. The van der Waals surface area contributed by atoms with Crippen molar-refractivity contribution in [2.24, 2.45) is 0 Å². The molecule has 0 atom stereocenters. The Morgan fingerprint density at radius 3 is 2.79 bits per heavy atom. The van der Waals surface area contributed by atoms with Crippen LogP contribution in [-0.2, 0) is 0 Å². The monoisotopic (exact) mass is 326 g/mol. The number of nitro groups is 1. The summed E-state index contributed by atoms with van der Waals surface area (Å²) in [5.74, 6) is -0.554. The minimum absolute atomic E-state index is 0.0365. The van der Waals surface area contributed by atoms with Crippen molar-refractivity contribution in [1.82, 2.24) is 9.97 Å². The first kappa shape index (κ1) is 13.3. The fraction of sp³-hybridized carbons (Fsp3) is 0.0909. The van der Waals surface area contributed by atoms with Crippen molar-refractivity contribution in [3.8, 4) is 11.3 Å². The molecule has 0 aliphatic rings. The first-order valence-corrected chi connectivity index (χ1v) is 5.96. The number of nitrogens with one attached hydrogen (secondary N) is 1. The highest BCUT2D eigenvalue weighted by Gasteiger charge is 2.25. The normalized spacial score (nSPS) is 10.3. The lowest BCUT2D eigenvalue weighted by Gasteiger charge is -2.07. The van der Waals surface area contributed by atoms with Crippen LogP contribution in [0.3, 0.4) is 0 Å². The van der Waals surface area contributed by atoms with E-state index in [9.17, 15) is 14.5 Å². The van der Waals surface area contributed by atoms with Crippen molar-refractivity contribution in [3.05, 3.63) is 44.9 Å². The molecule has 1 heterocycles. The third-order valence-electron chi connectivity index (χ3n) is 2.43. The summed E-state index contributed by atoms with van der Waals surface area (Å²) < 4.78 is 14.4. The minimum atomic E-state index is -0.637. The second-order valence-corrected chi connectivity index (χ2v) is 4.47. The van der Waals surface area contributed by atoms with Gasteiger partial charge in [-0.3, -0.25) is 10.1 Å².